The van der Waals surface area contributed by atoms with Crippen molar-refractivity contribution in [1.82, 2.24) is 4.98 Å². The average molecular weight is 256 g/mol. The van der Waals surface area contributed by atoms with Gasteiger partial charge in [0.05, 0.1) is 22.3 Å². The summed E-state index contributed by atoms with van der Waals surface area (Å²) in [7, 11) is 0. The van der Waals surface area contributed by atoms with Gasteiger partial charge in [0.1, 0.15) is 0 Å². The molecule has 2 aromatic rings. The molecule has 3 heteroatoms. The minimum absolute atomic E-state index is 0.0344. The molecule has 1 heterocycles. The zero-order chi connectivity index (χ0) is 13.3. The summed E-state index contributed by atoms with van der Waals surface area (Å²) in [5, 5.41) is 12.2. The van der Waals surface area contributed by atoms with E-state index in [-0.39, 0.29) is 5.41 Å². The highest BCUT2D eigenvalue weighted by Crippen LogP contribution is 2.29. The summed E-state index contributed by atoms with van der Waals surface area (Å²) in [4.78, 5) is 4.49. The summed E-state index contributed by atoms with van der Waals surface area (Å²) in [6, 6.07) is 8.23. The van der Waals surface area contributed by atoms with Gasteiger partial charge in [-0.2, -0.15) is 5.26 Å². The van der Waals surface area contributed by atoms with Gasteiger partial charge < -0.3 is 0 Å². The molecule has 0 aliphatic carbocycles. The maximum absolute atomic E-state index is 9.14. The summed E-state index contributed by atoms with van der Waals surface area (Å²) in [5.41, 5.74) is 3.89. The second-order valence-corrected chi connectivity index (χ2v) is 6.47. The Bertz CT molecular complexity index is 612. The van der Waals surface area contributed by atoms with E-state index in [1.165, 1.54) is 5.56 Å². The highest BCUT2D eigenvalue weighted by atomic mass is 32.1. The van der Waals surface area contributed by atoms with E-state index in [0.29, 0.717) is 5.56 Å². The van der Waals surface area contributed by atoms with Gasteiger partial charge in [0.25, 0.3) is 0 Å². The van der Waals surface area contributed by atoms with E-state index in [1.54, 1.807) is 11.3 Å². The highest BCUT2D eigenvalue weighted by Gasteiger charge is 2.16. The molecule has 0 saturated heterocycles. The van der Waals surface area contributed by atoms with Gasteiger partial charge in [-0.05, 0) is 36.1 Å². The first-order valence-corrected chi connectivity index (χ1v) is 6.76. The maximum Gasteiger partial charge on any atom is 0.0991 e. The molecule has 0 saturated carbocycles. The van der Waals surface area contributed by atoms with Crippen LogP contribution in [0.4, 0.5) is 0 Å². The van der Waals surface area contributed by atoms with Gasteiger partial charge in [-0.1, -0.05) is 20.8 Å². The molecule has 18 heavy (non-hydrogen) atoms. The summed E-state index contributed by atoms with van der Waals surface area (Å²) < 4.78 is 0. The Morgan fingerprint density at radius 2 is 1.94 bits per heavy atom. The molecule has 0 spiro atoms. The summed E-state index contributed by atoms with van der Waals surface area (Å²) in [6.07, 6.45) is 0. The van der Waals surface area contributed by atoms with Crippen LogP contribution in [0.2, 0.25) is 0 Å². The van der Waals surface area contributed by atoms with Crippen LogP contribution in [0.25, 0.3) is 11.3 Å². The quantitative estimate of drug-likeness (QED) is 0.763. The van der Waals surface area contributed by atoms with Crippen LogP contribution in [-0.4, -0.2) is 4.98 Å². The van der Waals surface area contributed by atoms with Crippen molar-refractivity contribution in [3.8, 4) is 17.3 Å². The van der Waals surface area contributed by atoms with Gasteiger partial charge >= 0.3 is 0 Å². The molecule has 2 rings (SSSR count). The van der Waals surface area contributed by atoms with Crippen LogP contribution in [0.15, 0.2) is 23.6 Å². The van der Waals surface area contributed by atoms with Crippen LogP contribution in [0.3, 0.4) is 0 Å². The molecule has 0 amide bonds. The van der Waals surface area contributed by atoms with Crippen LogP contribution in [0.1, 0.15) is 36.9 Å². The Labute approximate surface area is 112 Å². The number of hydrogen-bond donors (Lipinski definition) is 0. The molecule has 0 N–H and O–H groups in total. The molecule has 0 fully saturated rings. The minimum Gasteiger partial charge on any atom is -0.242 e. The van der Waals surface area contributed by atoms with Crippen molar-refractivity contribution >= 4 is 11.3 Å². The fourth-order valence-corrected chi connectivity index (χ4v) is 2.39. The Morgan fingerprint density at radius 3 is 2.44 bits per heavy atom. The number of aromatic nitrogens is 1. The van der Waals surface area contributed by atoms with Crippen LogP contribution in [0.5, 0.6) is 0 Å². The second kappa shape index (κ2) is 4.55. The molecule has 0 aliphatic heterocycles. The summed E-state index contributed by atoms with van der Waals surface area (Å²) in [6.45, 7) is 8.45. The molecule has 1 aromatic heterocycles. The van der Waals surface area contributed by atoms with E-state index in [9.17, 15) is 0 Å². The van der Waals surface area contributed by atoms with Gasteiger partial charge in [-0.25, -0.2) is 4.98 Å². The number of hydrogen-bond acceptors (Lipinski definition) is 3. The van der Waals surface area contributed by atoms with E-state index in [0.717, 1.165) is 16.3 Å². The Kier molecular flexibility index (Phi) is 3.23. The van der Waals surface area contributed by atoms with E-state index in [2.05, 4.69) is 37.9 Å². The first-order chi connectivity index (χ1) is 8.40. The normalized spacial score (nSPS) is 11.3. The number of nitrogens with zero attached hydrogens (tertiary/aromatic N) is 2. The van der Waals surface area contributed by atoms with Crippen molar-refractivity contribution in [2.24, 2.45) is 0 Å². The van der Waals surface area contributed by atoms with Crippen molar-refractivity contribution in [2.75, 3.05) is 0 Å². The van der Waals surface area contributed by atoms with E-state index in [4.69, 9.17) is 5.26 Å². The van der Waals surface area contributed by atoms with Crippen molar-refractivity contribution in [3.05, 3.63) is 39.7 Å². The fraction of sp³-hybridized carbons (Fsp3) is 0.333. The largest absolute Gasteiger partial charge is 0.242 e. The van der Waals surface area contributed by atoms with E-state index >= 15 is 0 Å². The summed E-state index contributed by atoms with van der Waals surface area (Å²) in [5.74, 6) is 0. The minimum atomic E-state index is 0.0344. The lowest BCUT2D eigenvalue weighted by Gasteiger charge is -2.20. The molecule has 1 aromatic carbocycles. The lowest BCUT2D eigenvalue weighted by Crippen LogP contribution is -2.11. The Morgan fingerprint density at radius 1 is 1.22 bits per heavy atom. The molecule has 92 valence electrons. The molecule has 0 bridgehead atoms. The van der Waals surface area contributed by atoms with Crippen molar-refractivity contribution < 1.29 is 0 Å². The Hall–Kier alpha value is -1.66. The lowest BCUT2D eigenvalue weighted by atomic mass is 9.85. The van der Waals surface area contributed by atoms with Gasteiger partial charge in [-0.3, -0.25) is 0 Å². The SMILES string of the molecule is Cc1nc(-c2cc(C#N)cc(C(C)(C)C)c2)cs1. The molecule has 0 atom stereocenters. The van der Waals surface area contributed by atoms with Gasteiger partial charge in [0.2, 0.25) is 0 Å². The third-order valence-corrected chi connectivity index (χ3v) is 3.62. The number of rotatable bonds is 1. The number of thiazole rings is 1. The molecule has 0 unspecified atom stereocenters. The molecule has 0 radical (unpaired) electrons. The van der Waals surface area contributed by atoms with Crippen LogP contribution in [-0.2, 0) is 5.41 Å². The predicted octanol–water partition coefficient (Wildman–Crippen LogP) is 4.29. The summed E-state index contributed by atoms with van der Waals surface area (Å²) >= 11 is 1.63. The van der Waals surface area contributed by atoms with Crippen LogP contribution in [0, 0.1) is 18.3 Å². The van der Waals surface area contributed by atoms with Crippen LogP contribution < -0.4 is 0 Å². The predicted molar refractivity (Wildman–Crippen MR) is 75.7 cm³/mol. The third-order valence-electron chi connectivity index (χ3n) is 2.84. The monoisotopic (exact) mass is 256 g/mol. The number of benzene rings is 1. The van der Waals surface area contributed by atoms with Crippen molar-refractivity contribution in [1.29, 1.82) is 5.26 Å². The zero-order valence-electron chi connectivity index (χ0n) is 11.1. The van der Waals surface area contributed by atoms with Gasteiger partial charge in [0.15, 0.2) is 0 Å². The van der Waals surface area contributed by atoms with Gasteiger partial charge in [0, 0.05) is 10.9 Å². The second-order valence-electron chi connectivity index (χ2n) is 5.41. The molecular weight excluding hydrogens is 240 g/mol. The van der Waals surface area contributed by atoms with Crippen molar-refractivity contribution in [2.45, 2.75) is 33.1 Å². The van der Waals surface area contributed by atoms with Gasteiger partial charge in [-0.15, -0.1) is 11.3 Å². The number of nitriles is 1. The first kappa shape index (κ1) is 12.8. The van der Waals surface area contributed by atoms with E-state index in [1.807, 2.05) is 24.4 Å². The standard InChI is InChI=1S/C15H16N2S/c1-10-17-14(9-18-10)12-5-11(8-16)6-13(7-12)15(2,3)4/h5-7,9H,1-4H3. The first-order valence-electron chi connectivity index (χ1n) is 5.88. The molecular formula is C15H16N2S. The number of aryl methyl sites for hydroxylation is 1. The van der Waals surface area contributed by atoms with Crippen molar-refractivity contribution in [3.63, 3.8) is 0 Å². The average Bonchev–Trinajstić information content (AvgIpc) is 2.74. The lowest BCUT2D eigenvalue weighted by molar-refractivity contribution is 0.590. The highest BCUT2D eigenvalue weighted by molar-refractivity contribution is 7.09. The zero-order valence-corrected chi connectivity index (χ0v) is 11.9. The maximum atomic E-state index is 9.14. The molecule has 0 aliphatic rings. The Balaban J connectivity index is 2.59. The third kappa shape index (κ3) is 2.60. The van der Waals surface area contributed by atoms with Crippen LogP contribution >= 0.6 is 11.3 Å². The fourth-order valence-electron chi connectivity index (χ4n) is 1.77. The topological polar surface area (TPSA) is 36.7 Å². The van der Waals surface area contributed by atoms with E-state index < -0.39 is 0 Å². The smallest absolute Gasteiger partial charge is 0.0991 e. The molecule has 2 nitrogen and oxygen atoms in total.